The van der Waals surface area contributed by atoms with Crippen molar-refractivity contribution in [2.45, 2.75) is 50.2 Å². The van der Waals surface area contributed by atoms with Crippen LogP contribution in [-0.2, 0) is 4.74 Å². The second-order valence-corrected chi connectivity index (χ2v) is 6.35. The van der Waals surface area contributed by atoms with Gasteiger partial charge >= 0.3 is 0 Å². The highest BCUT2D eigenvalue weighted by Crippen LogP contribution is 2.41. The summed E-state index contributed by atoms with van der Waals surface area (Å²) in [4.78, 5) is 0. The average Bonchev–Trinajstić information content (AvgIpc) is 2.44. The number of rotatable bonds is 1. The van der Waals surface area contributed by atoms with E-state index in [0.717, 1.165) is 38.7 Å². The first-order valence-electron chi connectivity index (χ1n) is 7.29. The fraction of sp³-hybridized carbons (Fsp3) is 0.529. The van der Waals surface area contributed by atoms with Gasteiger partial charge in [-0.2, -0.15) is 0 Å². The molecular weight excluding hydrogens is 234 g/mol. The van der Waals surface area contributed by atoms with Gasteiger partial charge < -0.3 is 10.5 Å². The minimum atomic E-state index is -0.0533. The molecule has 0 saturated heterocycles. The van der Waals surface area contributed by atoms with Crippen molar-refractivity contribution >= 4 is 5.57 Å². The molecule has 1 aliphatic heterocycles. The van der Waals surface area contributed by atoms with Crippen molar-refractivity contribution in [2.75, 3.05) is 6.61 Å². The van der Waals surface area contributed by atoms with Crippen LogP contribution in [0.2, 0.25) is 0 Å². The summed E-state index contributed by atoms with van der Waals surface area (Å²) < 4.78 is 6.12. The Kier molecular flexibility index (Phi) is 3.23. The van der Waals surface area contributed by atoms with E-state index in [9.17, 15) is 0 Å². The van der Waals surface area contributed by atoms with E-state index < -0.39 is 0 Å². The molecule has 1 saturated carbocycles. The van der Waals surface area contributed by atoms with Crippen molar-refractivity contribution in [2.24, 2.45) is 5.73 Å². The van der Waals surface area contributed by atoms with Gasteiger partial charge in [-0.05, 0) is 56.2 Å². The Morgan fingerprint density at radius 3 is 2.42 bits per heavy atom. The molecule has 1 heterocycles. The molecule has 0 bridgehead atoms. The standard InChI is InChI=1S/C17H23NO/c1-16(18)8-10-17(11-9-16)13-15(7-12-19-17)14-5-3-2-4-6-14/h2-6,13H,7-12,18H2,1H3. The maximum absolute atomic E-state index is 6.24. The summed E-state index contributed by atoms with van der Waals surface area (Å²) in [5.74, 6) is 0. The van der Waals surface area contributed by atoms with E-state index >= 15 is 0 Å². The molecular formula is C17H23NO. The van der Waals surface area contributed by atoms with Crippen LogP contribution in [-0.4, -0.2) is 17.7 Å². The van der Waals surface area contributed by atoms with Crippen LogP contribution < -0.4 is 5.73 Å². The minimum Gasteiger partial charge on any atom is -0.371 e. The zero-order chi connectivity index (χ0) is 13.3. The molecule has 0 amide bonds. The molecule has 0 aromatic heterocycles. The van der Waals surface area contributed by atoms with E-state index in [1.165, 1.54) is 11.1 Å². The summed E-state index contributed by atoms with van der Waals surface area (Å²) in [6.07, 6.45) is 7.59. The summed E-state index contributed by atoms with van der Waals surface area (Å²) in [5.41, 5.74) is 8.95. The third kappa shape index (κ3) is 2.75. The molecule has 3 rings (SSSR count). The fourth-order valence-corrected chi connectivity index (χ4v) is 3.21. The molecule has 2 nitrogen and oxygen atoms in total. The van der Waals surface area contributed by atoms with Crippen molar-refractivity contribution in [3.8, 4) is 0 Å². The monoisotopic (exact) mass is 257 g/mol. The zero-order valence-corrected chi connectivity index (χ0v) is 11.7. The summed E-state index contributed by atoms with van der Waals surface area (Å²) in [6, 6.07) is 10.7. The smallest absolute Gasteiger partial charge is 0.0869 e. The Bertz CT molecular complexity index is 465. The van der Waals surface area contributed by atoms with Gasteiger partial charge in [0.2, 0.25) is 0 Å². The lowest BCUT2D eigenvalue weighted by Gasteiger charge is -2.43. The third-order valence-corrected chi connectivity index (χ3v) is 4.58. The third-order valence-electron chi connectivity index (χ3n) is 4.58. The van der Waals surface area contributed by atoms with Crippen molar-refractivity contribution in [3.05, 3.63) is 42.0 Å². The number of hydrogen-bond acceptors (Lipinski definition) is 2. The average molecular weight is 257 g/mol. The molecule has 1 aromatic carbocycles. The van der Waals surface area contributed by atoms with Crippen LogP contribution in [0, 0.1) is 0 Å². The lowest BCUT2D eigenvalue weighted by atomic mass is 9.73. The molecule has 2 heteroatoms. The molecule has 2 N–H and O–H groups in total. The molecule has 2 aliphatic rings. The number of nitrogens with two attached hydrogens (primary N) is 1. The highest BCUT2D eigenvalue weighted by atomic mass is 16.5. The number of benzene rings is 1. The van der Waals surface area contributed by atoms with E-state index in [-0.39, 0.29) is 11.1 Å². The first-order valence-corrected chi connectivity index (χ1v) is 7.29. The maximum Gasteiger partial charge on any atom is 0.0869 e. The van der Waals surface area contributed by atoms with Crippen LogP contribution in [0.15, 0.2) is 36.4 Å². The molecule has 19 heavy (non-hydrogen) atoms. The summed E-state index contributed by atoms with van der Waals surface area (Å²) in [7, 11) is 0. The normalized spacial score (nSPS) is 35.2. The van der Waals surface area contributed by atoms with E-state index in [2.05, 4.69) is 43.3 Å². The summed E-state index contributed by atoms with van der Waals surface area (Å²) in [5, 5.41) is 0. The molecule has 1 spiro atoms. The van der Waals surface area contributed by atoms with E-state index in [4.69, 9.17) is 10.5 Å². The Morgan fingerprint density at radius 1 is 1.05 bits per heavy atom. The minimum absolute atomic E-state index is 0.00714. The van der Waals surface area contributed by atoms with Crippen LogP contribution >= 0.6 is 0 Å². The Balaban J connectivity index is 1.84. The van der Waals surface area contributed by atoms with Gasteiger partial charge in [0.15, 0.2) is 0 Å². The predicted octanol–water partition coefficient (Wildman–Crippen LogP) is 3.52. The lowest BCUT2D eigenvalue weighted by molar-refractivity contribution is -0.0474. The van der Waals surface area contributed by atoms with Crippen LogP contribution in [0.5, 0.6) is 0 Å². The van der Waals surface area contributed by atoms with Gasteiger partial charge in [-0.25, -0.2) is 0 Å². The first kappa shape index (κ1) is 12.9. The first-order chi connectivity index (χ1) is 9.09. The Morgan fingerprint density at radius 2 is 1.74 bits per heavy atom. The molecule has 1 fully saturated rings. The Labute approximate surface area is 115 Å². The SMILES string of the molecule is CC1(N)CCC2(C=C(c3ccccc3)CCO2)CC1. The molecule has 1 aliphatic carbocycles. The summed E-state index contributed by atoms with van der Waals surface area (Å²) in [6.45, 7) is 2.99. The maximum atomic E-state index is 6.24. The van der Waals surface area contributed by atoms with Crippen LogP contribution in [0.3, 0.4) is 0 Å². The molecule has 0 unspecified atom stereocenters. The second-order valence-electron chi connectivity index (χ2n) is 6.35. The van der Waals surface area contributed by atoms with E-state index in [1.807, 2.05) is 0 Å². The second kappa shape index (κ2) is 4.77. The van der Waals surface area contributed by atoms with Gasteiger partial charge in [0.05, 0.1) is 12.2 Å². The van der Waals surface area contributed by atoms with Gasteiger partial charge in [0, 0.05) is 5.54 Å². The number of ether oxygens (including phenoxy) is 1. The fourth-order valence-electron chi connectivity index (χ4n) is 3.21. The predicted molar refractivity (Wildman–Crippen MR) is 78.8 cm³/mol. The van der Waals surface area contributed by atoms with E-state index in [1.54, 1.807) is 0 Å². The lowest BCUT2D eigenvalue weighted by Crippen LogP contribution is -2.47. The summed E-state index contributed by atoms with van der Waals surface area (Å²) >= 11 is 0. The van der Waals surface area contributed by atoms with E-state index in [0.29, 0.717) is 0 Å². The van der Waals surface area contributed by atoms with Gasteiger partial charge in [0.25, 0.3) is 0 Å². The largest absolute Gasteiger partial charge is 0.371 e. The quantitative estimate of drug-likeness (QED) is 0.835. The molecule has 0 atom stereocenters. The highest BCUT2D eigenvalue weighted by Gasteiger charge is 2.39. The number of hydrogen-bond donors (Lipinski definition) is 1. The van der Waals surface area contributed by atoms with Crippen molar-refractivity contribution in [1.29, 1.82) is 0 Å². The zero-order valence-electron chi connectivity index (χ0n) is 11.7. The van der Waals surface area contributed by atoms with Crippen LogP contribution in [0.1, 0.15) is 44.6 Å². The van der Waals surface area contributed by atoms with Crippen molar-refractivity contribution < 1.29 is 4.74 Å². The van der Waals surface area contributed by atoms with Crippen LogP contribution in [0.25, 0.3) is 5.57 Å². The van der Waals surface area contributed by atoms with Gasteiger partial charge in [-0.3, -0.25) is 0 Å². The topological polar surface area (TPSA) is 35.2 Å². The molecule has 102 valence electrons. The van der Waals surface area contributed by atoms with Crippen LogP contribution in [0.4, 0.5) is 0 Å². The van der Waals surface area contributed by atoms with Gasteiger partial charge in [-0.1, -0.05) is 30.3 Å². The molecule has 1 aromatic rings. The highest BCUT2D eigenvalue weighted by molar-refractivity contribution is 5.67. The van der Waals surface area contributed by atoms with Crippen molar-refractivity contribution in [1.82, 2.24) is 0 Å². The van der Waals surface area contributed by atoms with Gasteiger partial charge in [-0.15, -0.1) is 0 Å². The van der Waals surface area contributed by atoms with Crippen molar-refractivity contribution in [3.63, 3.8) is 0 Å². The molecule has 0 radical (unpaired) electrons. The Hall–Kier alpha value is -1.12. The van der Waals surface area contributed by atoms with Gasteiger partial charge in [0.1, 0.15) is 0 Å².